The minimum Gasteiger partial charge on any atom is -0.326 e. The number of thioether (sulfide) groups is 1. The fraction of sp³-hybridized carbons (Fsp3) is 0.200. The predicted molar refractivity (Wildman–Crippen MR) is 119 cm³/mol. The molecule has 3 rings (SSSR count). The van der Waals surface area contributed by atoms with Crippen LogP contribution in [-0.4, -0.2) is 27.3 Å². The highest BCUT2D eigenvalue weighted by atomic mass is 35.5. The number of rotatable bonds is 7. The topological polar surface area (TPSA) is 84.0 Å². The van der Waals surface area contributed by atoms with Crippen molar-refractivity contribution in [3.63, 3.8) is 0 Å². The molecule has 1 aromatic heterocycles. The van der Waals surface area contributed by atoms with Gasteiger partial charge in [-0.2, -0.15) is 0 Å². The van der Waals surface area contributed by atoms with Gasteiger partial charge in [0, 0.05) is 15.6 Å². The summed E-state index contributed by atoms with van der Waals surface area (Å²) in [5.74, 6) is -0.268. The van der Waals surface area contributed by atoms with Crippen molar-refractivity contribution >= 4 is 57.3 Å². The number of carbonyl (C=O) groups is 2. The lowest BCUT2D eigenvalue weighted by molar-refractivity contribution is -0.116. The summed E-state index contributed by atoms with van der Waals surface area (Å²) in [5, 5.41) is 15.0. The van der Waals surface area contributed by atoms with Crippen LogP contribution in [0, 0.1) is 6.92 Å². The van der Waals surface area contributed by atoms with Crippen LogP contribution in [0.3, 0.4) is 0 Å². The molecule has 0 aliphatic carbocycles. The minimum absolute atomic E-state index is 0.119. The van der Waals surface area contributed by atoms with Crippen molar-refractivity contribution in [1.82, 2.24) is 10.2 Å². The maximum absolute atomic E-state index is 12.3. The maximum Gasteiger partial charge on any atom is 0.239 e. The lowest BCUT2D eigenvalue weighted by Gasteiger charge is -2.12. The normalized spacial score (nSPS) is 11.7. The monoisotopic (exact) mass is 446 g/mol. The van der Waals surface area contributed by atoms with E-state index in [1.54, 1.807) is 12.1 Å². The zero-order chi connectivity index (χ0) is 20.8. The van der Waals surface area contributed by atoms with Gasteiger partial charge in [0.2, 0.25) is 16.9 Å². The summed E-state index contributed by atoms with van der Waals surface area (Å²) >= 11 is 8.60. The summed E-state index contributed by atoms with van der Waals surface area (Å²) in [4.78, 5) is 25.5. The number of halogens is 1. The quantitative estimate of drug-likeness (QED) is 0.509. The number of benzene rings is 2. The fourth-order valence-corrected chi connectivity index (χ4v) is 4.10. The molecule has 6 nitrogen and oxygen atoms in total. The van der Waals surface area contributed by atoms with Crippen molar-refractivity contribution in [2.24, 2.45) is 0 Å². The third kappa shape index (κ3) is 6.56. The highest BCUT2D eigenvalue weighted by molar-refractivity contribution is 8.00. The van der Waals surface area contributed by atoms with Crippen LogP contribution < -0.4 is 10.6 Å². The summed E-state index contributed by atoms with van der Waals surface area (Å²) in [6.07, 6.45) is 0.259. The number of aryl methyl sites for hydroxylation is 1. The summed E-state index contributed by atoms with van der Waals surface area (Å²) in [6, 6.07) is 14.6. The van der Waals surface area contributed by atoms with Gasteiger partial charge in [-0.05, 0) is 49.7 Å². The van der Waals surface area contributed by atoms with Crippen LogP contribution in [-0.2, 0) is 16.0 Å². The Morgan fingerprint density at radius 2 is 1.90 bits per heavy atom. The smallest absolute Gasteiger partial charge is 0.239 e. The molecular weight excluding hydrogens is 428 g/mol. The van der Waals surface area contributed by atoms with E-state index in [1.165, 1.54) is 23.1 Å². The Bertz CT molecular complexity index is 1010. The average molecular weight is 447 g/mol. The molecule has 0 radical (unpaired) electrons. The van der Waals surface area contributed by atoms with Gasteiger partial charge < -0.3 is 5.32 Å². The highest BCUT2D eigenvalue weighted by Crippen LogP contribution is 2.27. The molecule has 2 N–H and O–H groups in total. The minimum atomic E-state index is -0.334. The largest absolute Gasteiger partial charge is 0.326 e. The van der Waals surface area contributed by atoms with Gasteiger partial charge in [-0.15, -0.1) is 22.0 Å². The summed E-state index contributed by atoms with van der Waals surface area (Å²) in [7, 11) is 0. The second kappa shape index (κ2) is 9.87. The molecule has 9 heteroatoms. The summed E-state index contributed by atoms with van der Waals surface area (Å²) in [5.41, 5.74) is 1.57. The molecular formula is C20H19ClN4O2S2. The van der Waals surface area contributed by atoms with E-state index in [4.69, 9.17) is 11.6 Å². The number of aromatic nitrogens is 2. The zero-order valence-electron chi connectivity index (χ0n) is 15.8. The van der Waals surface area contributed by atoms with Crippen molar-refractivity contribution in [3.05, 3.63) is 64.1 Å². The molecule has 0 aliphatic rings. The number of amides is 2. The van der Waals surface area contributed by atoms with Crippen LogP contribution in [0.2, 0.25) is 5.02 Å². The number of carbonyl (C=O) groups excluding carboxylic acids is 2. The van der Waals surface area contributed by atoms with Crippen LogP contribution in [0.15, 0.2) is 53.4 Å². The van der Waals surface area contributed by atoms with Gasteiger partial charge in [-0.1, -0.05) is 41.1 Å². The van der Waals surface area contributed by atoms with Crippen LogP contribution >= 0.6 is 34.7 Å². The Balaban J connectivity index is 1.56. The molecule has 2 aromatic carbocycles. The summed E-state index contributed by atoms with van der Waals surface area (Å²) < 4.78 is 0. The Labute approximate surface area is 182 Å². The molecule has 150 valence electrons. The van der Waals surface area contributed by atoms with Crippen molar-refractivity contribution in [3.8, 4) is 0 Å². The second-order valence-corrected chi connectivity index (χ2v) is 9.29. The average Bonchev–Trinajstić information content (AvgIpc) is 3.08. The van der Waals surface area contributed by atoms with E-state index in [0.29, 0.717) is 15.8 Å². The van der Waals surface area contributed by atoms with Crippen molar-refractivity contribution in [2.45, 2.75) is 30.4 Å². The van der Waals surface area contributed by atoms with Crippen molar-refractivity contribution in [2.75, 3.05) is 10.6 Å². The van der Waals surface area contributed by atoms with Gasteiger partial charge in [0.25, 0.3) is 0 Å². The van der Waals surface area contributed by atoms with E-state index in [1.807, 2.05) is 50.2 Å². The maximum atomic E-state index is 12.3. The van der Waals surface area contributed by atoms with Crippen LogP contribution in [0.5, 0.6) is 0 Å². The van der Waals surface area contributed by atoms with Gasteiger partial charge in [0.1, 0.15) is 5.01 Å². The second-order valence-electron chi connectivity index (χ2n) is 6.25. The van der Waals surface area contributed by atoms with Gasteiger partial charge >= 0.3 is 0 Å². The Morgan fingerprint density at radius 3 is 2.59 bits per heavy atom. The first kappa shape index (κ1) is 21.3. The van der Waals surface area contributed by atoms with E-state index in [9.17, 15) is 9.59 Å². The highest BCUT2D eigenvalue weighted by Gasteiger charge is 2.16. The molecule has 0 saturated carbocycles. The van der Waals surface area contributed by atoms with Crippen LogP contribution in [0.1, 0.15) is 17.5 Å². The van der Waals surface area contributed by atoms with Crippen LogP contribution in [0.4, 0.5) is 10.8 Å². The molecule has 1 atom stereocenters. The molecule has 0 saturated heterocycles. The van der Waals surface area contributed by atoms with E-state index < -0.39 is 0 Å². The van der Waals surface area contributed by atoms with Crippen molar-refractivity contribution < 1.29 is 9.59 Å². The molecule has 1 heterocycles. The van der Waals surface area contributed by atoms with Crippen LogP contribution in [0.25, 0.3) is 0 Å². The molecule has 0 bridgehead atoms. The fourth-order valence-electron chi connectivity index (χ4n) is 2.45. The number of nitrogens with zero attached hydrogens (tertiary/aromatic N) is 2. The van der Waals surface area contributed by atoms with Gasteiger partial charge in [0.15, 0.2) is 0 Å². The Hall–Kier alpha value is -2.42. The molecule has 29 heavy (non-hydrogen) atoms. The van der Waals surface area contributed by atoms with E-state index in [-0.39, 0.29) is 23.5 Å². The number of anilines is 2. The molecule has 0 aliphatic heterocycles. The predicted octanol–water partition coefficient (Wildman–Crippen LogP) is 4.80. The van der Waals surface area contributed by atoms with E-state index in [0.717, 1.165) is 15.5 Å². The lowest BCUT2D eigenvalue weighted by Crippen LogP contribution is -2.22. The molecule has 1 unspecified atom stereocenters. The number of hydrogen-bond donors (Lipinski definition) is 2. The standard InChI is InChI=1S/C20H19ClN4O2S2/c1-12(19(27)23-20-25-24-13(2)29-20)28-17-5-3-4-16(11-17)22-18(26)10-14-6-8-15(21)9-7-14/h3-9,11-12H,10H2,1-2H3,(H,22,26)(H,23,25,27). The van der Waals surface area contributed by atoms with Gasteiger partial charge in [0.05, 0.1) is 11.7 Å². The SMILES string of the molecule is Cc1nnc(NC(=O)C(C)Sc2cccc(NC(=O)Cc3ccc(Cl)cc3)c2)s1. The first-order valence-corrected chi connectivity index (χ1v) is 10.9. The van der Waals surface area contributed by atoms with E-state index in [2.05, 4.69) is 20.8 Å². The first-order valence-electron chi connectivity index (χ1n) is 8.81. The molecule has 2 amide bonds. The Morgan fingerprint density at radius 1 is 1.14 bits per heavy atom. The Kier molecular flexibility index (Phi) is 7.24. The lowest BCUT2D eigenvalue weighted by atomic mass is 10.1. The molecule has 0 spiro atoms. The number of nitrogens with one attached hydrogen (secondary N) is 2. The van der Waals surface area contributed by atoms with Crippen molar-refractivity contribution in [1.29, 1.82) is 0 Å². The first-order chi connectivity index (χ1) is 13.9. The summed E-state index contributed by atoms with van der Waals surface area (Å²) in [6.45, 7) is 3.65. The van der Waals surface area contributed by atoms with E-state index >= 15 is 0 Å². The van der Waals surface area contributed by atoms with Gasteiger partial charge in [-0.25, -0.2) is 0 Å². The zero-order valence-corrected chi connectivity index (χ0v) is 18.2. The number of hydrogen-bond acceptors (Lipinski definition) is 6. The van der Waals surface area contributed by atoms with Gasteiger partial charge in [-0.3, -0.25) is 14.9 Å². The third-order valence-corrected chi connectivity index (χ3v) is 5.93. The molecule has 3 aromatic rings. The molecule has 0 fully saturated rings. The third-order valence-electron chi connectivity index (χ3n) is 3.83.